The van der Waals surface area contributed by atoms with Crippen molar-refractivity contribution < 1.29 is 9.63 Å². The van der Waals surface area contributed by atoms with Gasteiger partial charge < -0.3 is 15.4 Å². The molecule has 1 unspecified atom stereocenters. The standard InChI is InChI=1S/C21H22N6O3/c1-12-9-17(25-30-12)21(2,29)14-5-6-15-16(10-14)27(18-7-8-23-19(22)24-18)20(28)26(15)11-13-3-4-13/h5-10,13,29H,3-4,11H2,1-2H3,(H2,22,23,24). The van der Waals surface area contributed by atoms with Crippen LogP contribution in [0.5, 0.6) is 0 Å². The first-order chi connectivity index (χ1) is 14.3. The molecule has 0 spiro atoms. The molecule has 1 fully saturated rings. The summed E-state index contributed by atoms with van der Waals surface area (Å²) in [4.78, 5) is 21.5. The summed E-state index contributed by atoms with van der Waals surface area (Å²) in [5.74, 6) is 1.60. The molecular weight excluding hydrogens is 384 g/mol. The third kappa shape index (κ3) is 2.98. The first kappa shape index (κ1) is 18.6. The van der Waals surface area contributed by atoms with E-state index >= 15 is 0 Å². The van der Waals surface area contributed by atoms with E-state index in [1.54, 1.807) is 36.6 Å². The van der Waals surface area contributed by atoms with Crippen LogP contribution in [-0.2, 0) is 12.1 Å². The van der Waals surface area contributed by atoms with E-state index in [9.17, 15) is 9.90 Å². The second-order valence-electron chi connectivity index (χ2n) is 8.04. The Morgan fingerprint density at radius 2 is 2.07 bits per heavy atom. The molecule has 5 rings (SSSR count). The fourth-order valence-electron chi connectivity index (χ4n) is 3.75. The highest BCUT2D eigenvalue weighted by molar-refractivity contribution is 5.79. The summed E-state index contributed by atoms with van der Waals surface area (Å²) >= 11 is 0. The predicted octanol–water partition coefficient (Wildman–Crippen LogP) is 2.13. The minimum absolute atomic E-state index is 0.0868. The number of hydrogen-bond donors (Lipinski definition) is 2. The van der Waals surface area contributed by atoms with Gasteiger partial charge in [0.1, 0.15) is 22.9 Å². The van der Waals surface area contributed by atoms with E-state index in [-0.39, 0.29) is 11.6 Å². The summed E-state index contributed by atoms with van der Waals surface area (Å²) in [6.45, 7) is 4.07. The number of fused-ring (bicyclic) bond motifs is 1. The molecule has 3 N–H and O–H groups in total. The number of aliphatic hydroxyl groups is 1. The number of aromatic nitrogens is 5. The Kier molecular flexibility index (Phi) is 4.04. The molecule has 0 amide bonds. The molecule has 1 saturated carbocycles. The maximum absolute atomic E-state index is 13.3. The van der Waals surface area contributed by atoms with Crippen LogP contribution >= 0.6 is 0 Å². The third-order valence-electron chi connectivity index (χ3n) is 5.64. The van der Waals surface area contributed by atoms with Crippen molar-refractivity contribution in [1.82, 2.24) is 24.3 Å². The molecule has 0 radical (unpaired) electrons. The van der Waals surface area contributed by atoms with E-state index < -0.39 is 5.60 Å². The molecule has 1 aliphatic carbocycles. The highest BCUT2D eigenvalue weighted by Crippen LogP contribution is 2.34. The number of aryl methyl sites for hydroxylation is 1. The number of rotatable bonds is 5. The second kappa shape index (κ2) is 6.53. The number of nitrogens with two attached hydrogens (primary N) is 1. The van der Waals surface area contributed by atoms with Gasteiger partial charge in [0.05, 0.1) is 11.0 Å². The monoisotopic (exact) mass is 406 g/mol. The topological polar surface area (TPSA) is 125 Å². The maximum Gasteiger partial charge on any atom is 0.334 e. The summed E-state index contributed by atoms with van der Waals surface area (Å²) < 4.78 is 8.42. The lowest BCUT2D eigenvalue weighted by atomic mass is 9.92. The Balaban J connectivity index is 1.74. The van der Waals surface area contributed by atoms with Crippen LogP contribution in [0, 0.1) is 12.8 Å². The summed E-state index contributed by atoms with van der Waals surface area (Å²) in [5, 5.41) is 15.2. The quantitative estimate of drug-likeness (QED) is 0.520. The molecule has 9 heteroatoms. The van der Waals surface area contributed by atoms with E-state index in [0.717, 1.165) is 18.4 Å². The predicted molar refractivity (Wildman–Crippen MR) is 110 cm³/mol. The Morgan fingerprint density at radius 3 is 2.73 bits per heavy atom. The number of nitrogens with zero attached hydrogens (tertiary/aromatic N) is 5. The normalized spacial score (nSPS) is 16.1. The summed E-state index contributed by atoms with van der Waals surface area (Å²) in [6, 6.07) is 8.80. The molecule has 4 aromatic rings. The molecule has 1 aromatic carbocycles. The zero-order chi connectivity index (χ0) is 21.0. The van der Waals surface area contributed by atoms with E-state index in [1.807, 2.05) is 12.1 Å². The number of nitrogen functional groups attached to an aromatic ring is 1. The van der Waals surface area contributed by atoms with Crippen LogP contribution in [0.25, 0.3) is 16.9 Å². The summed E-state index contributed by atoms with van der Waals surface area (Å²) in [6.07, 6.45) is 3.77. The first-order valence-electron chi connectivity index (χ1n) is 9.85. The molecule has 9 nitrogen and oxygen atoms in total. The smallest absolute Gasteiger partial charge is 0.334 e. The van der Waals surface area contributed by atoms with Crippen LogP contribution in [0.15, 0.2) is 45.8 Å². The lowest BCUT2D eigenvalue weighted by Gasteiger charge is -2.21. The van der Waals surface area contributed by atoms with E-state index in [1.165, 1.54) is 10.8 Å². The van der Waals surface area contributed by atoms with Gasteiger partial charge in [0.2, 0.25) is 5.95 Å². The molecule has 154 valence electrons. The average molecular weight is 406 g/mol. The van der Waals surface area contributed by atoms with Crippen LogP contribution in [0.3, 0.4) is 0 Å². The molecule has 0 saturated heterocycles. The highest BCUT2D eigenvalue weighted by atomic mass is 16.5. The zero-order valence-electron chi connectivity index (χ0n) is 16.7. The lowest BCUT2D eigenvalue weighted by Crippen LogP contribution is -2.25. The molecule has 1 atom stereocenters. The van der Waals surface area contributed by atoms with Crippen molar-refractivity contribution in [3.05, 3.63) is 64.0 Å². The van der Waals surface area contributed by atoms with Gasteiger partial charge in [-0.2, -0.15) is 4.98 Å². The van der Waals surface area contributed by atoms with Crippen LogP contribution < -0.4 is 11.4 Å². The Morgan fingerprint density at radius 1 is 1.27 bits per heavy atom. The minimum Gasteiger partial charge on any atom is -0.379 e. The van der Waals surface area contributed by atoms with E-state index in [4.69, 9.17) is 10.3 Å². The van der Waals surface area contributed by atoms with Gasteiger partial charge in [-0.25, -0.2) is 14.3 Å². The Bertz CT molecular complexity index is 1310. The molecule has 0 aliphatic heterocycles. The van der Waals surface area contributed by atoms with Gasteiger partial charge in [0.25, 0.3) is 0 Å². The minimum atomic E-state index is -1.39. The Labute approximate surface area is 171 Å². The molecular formula is C21H22N6O3. The molecule has 3 aromatic heterocycles. The second-order valence-corrected chi connectivity index (χ2v) is 8.04. The van der Waals surface area contributed by atoms with Crippen LogP contribution in [0.1, 0.15) is 36.8 Å². The molecule has 1 aliphatic rings. The maximum atomic E-state index is 13.3. The van der Waals surface area contributed by atoms with E-state index in [2.05, 4.69) is 15.1 Å². The average Bonchev–Trinajstić information content (AvgIpc) is 3.35. The number of imidazole rings is 1. The van der Waals surface area contributed by atoms with Crippen molar-refractivity contribution in [1.29, 1.82) is 0 Å². The summed E-state index contributed by atoms with van der Waals surface area (Å²) in [5.41, 5.74) is 6.58. The van der Waals surface area contributed by atoms with Gasteiger partial charge in [-0.05, 0) is 50.3 Å². The van der Waals surface area contributed by atoms with Crippen molar-refractivity contribution in [2.75, 3.05) is 5.73 Å². The van der Waals surface area contributed by atoms with Gasteiger partial charge in [-0.15, -0.1) is 0 Å². The number of anilines is 1. The van der Waals surface area contributed by atoms with Gasteiger partial charge in [-0.3, -0.25) is 4.57 Å². The highest BCUT2D eigenvalue weighted by Gasteiger charge is 2.31. The molecule has 30 heavy (non-hydrogen) atoms. The van der Waals surface area contributed by atoms with Crippen LogP contribution in [0.4, 0.5) is 5.95 Å². The van der Waals surface area contributed by atoms with Crippen molar-refractivity contribution in [3.63, 3.8) is 0 Å². The SMILES string of the molecule is Cc1cc(C(C)(O)c2ccc3c(c2)n(-c2ccnc(N)n2)c(=O)n3CC2CC2)no1. The van der Waals surface area contributed by atoms with Crippen molar-refractivity contribution in [2.24, 2.45) is 5.92 Å². The third-order valence-corrected chi connectivity index (χ3v) is 5.64. The van der Waals surface area contributed by atoms with Crippen molar-refractivity contribution in [3.8, 4) is 5.82 Å². The van der Waals surface area contributed by atoms with Gasteiger partial charge in [0, 0.05) is 24.9 Å². The fraction of sp³-hybridized carbons (Fsp3) is 0.333. The fourth-order valence-corrected chi connectivity index (χ4v) is 3.75. The largest absolute Gasteiger partial charge is 0.379 e. The van der Waals surface area contributed by atoms with Crippen LogP contribution in [0.2, 0.25) is 0 Å². The Hall–Kier alpha value is -3.46. The number of benzene rings is 1. The molecule has 3 heterocycles. The van der Waals surface area contributed by atoms with Crippen molar-refractivity contribution in [2.45, 2.75) is 38.8 Å². The van der Waals surface area contributed by atoms with Gasteiger partial charge in [-0.1, -0.05) is 11.2 Å². The number of hydrogen-bond acceptors (Lipinski definition) is 7. The van der Waals surface area contributed by atoms with Gasteiger partial charge >= 0.3 is 5.69 Å². The first-order valence-corrected chi connectivity index (χ1v) is 9.85. The lowest BCUT2D eigenvalue weighted by molar-refractivity contribution is 0.0933. The van der Waals surface area contributed by atoms with Gasteiger partial charge in [0.15, 0.2) is 0 Å². The van der Waals surface area contributed by atoms with E-state index in [0.29, 0.717) is 40.8 Å². The summed E-state index contributed by atoms with van der Waals surface area (Å²) in [7, 11) is 0. The van der Waals surface area contributed by atoms with Crippen molar-refractivity contribution >= 4 is 17.0 Å². The van der Waals surface area contributed by atoms with Crippen LogP contribution in [-0.4, -0.2) is 29.4 Å². The zero-order valence-corrected chi connectivity index (χ0v) is 16.7. The molecule has 0 bridgehead atoms.